The molecule has 0 spiro atoms. The van der Waals surface area contributed by atoms with Gasteiger partial charge in [0, 0.05) is 0 Å². The van der Waals surface area contributed by atoms with Gasteiger partial charge in [-0.1, -0.05) is 0 Å². The molecule has 2 aliphatic rings. The molecule has 0 aromatic heterocycles. The van der Waals surface area contributed by atoms with E-state index >= 15 is 0 Å². The summed E-state index contributed by atoms with van der Waals surface area (Å²) in [5, 5.41) is 0. The van der Waals surface area contributed by atoms with Crippen LogP contribution in [0.15, 0.2) is 43.0 Å². The first kappa shape index (κ1) is 19.6. The Bertz CT molecular complexity index is 530. The summed E-state index contributed by atoms with van der Waals surface area (Å²) in [5.74, 6) is 0. The van der Waals surface area contributed by atoms with E-state index in [2.05, 4.69) is 66.4 Å². The molecule has 0 N–H and O–H groups in total. The van der Waals surface area contributed by atoms with Gasteiger partial charge >= 0.3 is 109 Å². The molecule has 0 heterocycles. The predicted octanol–water partition coefficient (Wildman–Crippen LogP) is 4.88. The van der Waals surface area contributed by atoms with Crippen LogP contribution >= 0.6 is 24.8 Å². The summed E-state index contributed by atoms with van der Waals surface area (Å²) in [6.07, 6.45) is 16.7. The minimum absolute atomic E-state index is 0. The van der Waals surface area contributed by atoms with Gasteiger partial charge in [-0.05, 0) is 0 Å². The molecule has 0 nitrogen and oxygen atoms in total. The molecule has 0 unspecified atom stereocenters. The third-order valence-corrected chi connectivity index (χ3v) is 20.8. The predicted molar refractivity (Wildman–Crippen MR) is 92.2 cm³/mol. The zero-order chi connectivity index (χ0) is 12.8. The van der Waals surface area contributed by atoms with Crippen LogP contribution in [0.2, 0.25) is 9.26 Å². The van der Waals surface area contributed by atoms with Crippen LogP contribution in [0.5, 0.6) is 0 Å². The van der Waals surface area contributed by atoms with Crippen LogP contribution in [0.4, 0.5) is 0 Å². The maximum atomic E-state index is 2.58. The molecular formula is C15H26Cl2SiZr. The molecule has 0 saturated heterocycles. The first-order chi connectivity index (χ1) is 7.70. The Morgan fingerprint density at radius 1 is 1.21 bits per heavy atom. The number of rotatable bonds is 2. The fourth-order valence-corrected chi connectivity index (χ4v) is 13.5. The molecule has 0 atom stereocenters. The van der Waals surface area contributed by atoms with Crippen LogP contribution in [-0.4, -0.2) is 6.88 Å². The summed E-state index contributed by atoms with van der Waals surface area (Å²) >= 11 is -2.77. The van der Waals surface area contributed by atoms with Gasteiger partial charge in [0.1, 0.15) is 0 Å². The van der Waals surface area contributed by atoms with Crippen molar-refractivity contribution < 1.29 is 17.4 Å². The molecular weight excluding hydrogens is 370 g/mol. The molecule has 0 saturated carbocycles. The smallest absolute Gasteiger partial charge is 0.147 e. The first-order valence-electron chi connectivity index (χ1n) is 6.53. The fourth-order valence-electron chi connectivity index (χ4n) is 2.65. The van der Waals surface area contributed by atoms with Crippen LogP contribution in [0.25, 0.3) is 0 Å². The van der Waals surface area contributed by atoms with Gasteiger partial charge in [0.05, 0.1) is 0 Å². The van der Waals surface area contributed by atoms with Gasteiger partial charge < -0.3 is 0 Å². The summed E-state index contributed by atoms with van der Waals surface area (Å²) in [4.78, 5) is 0. The van der Waals surface area contributed by atoms with Crippen LogP contribution in [0.3, 0.4) is 0 Å². The van der Waals surface area contributed by atoms with E-state index in [-0.39, 0.29) is 24.8 Å². The van der Waals surface area contributed by atoms with Crippen molar-refractivity contribution >= 4 is 31.7 Å². The number of halogens is 2. The zero-order valence-corrected chi connectivity index (χ0v) is 17.9. The van der Waals surface area contributed by atoms with Gasteiger partial charge in [-0.3, -0.25) is 0 Å². The Morgan fingerprint density at radius 3 is 2.26 bits per heavy atom. The number of allylic oxidation sites excluding steroid dienone is 8. The molecule has 2 aliphatic carbocycles. The minimum atomic E-state index is -2.77. The first-order valence-corrected chi connectivity index (χ1v) is 19.8. The van der Waals surface area contributed by atoms with Gasteiger partial charge in [0.2, 0.25) is 0 Å². The Morgan fingerprint density at radius 2 is 1.84 bits per heavy atom. The quantitative estimate of drug-likeness (QED) is 0.584. The zero-order valence-electron chi connectivity index (χ0n) is 12.4. The van der Waals surface area contributed by atoms with Crippen LogP contribution < -0.4 is 0 Å². The maximum Gasteiger partial charge on any atom is -0.147 e. The molecule has 0 radical (unpaired) electrons. The SMILES string of the molecule is CC1(C)C=C[C]([Zr]([CH3])([CH3])(=[SiH2])[C]2=CC=CC2)=CC1.Cl.Cl. The molecule has 0 aliphatic heterocycles. The van der Waals surface area contributed by atoms with Crippen molar-refractivity contribution in [3.63, 3.8) is 0 Å². The van der Waals surface area contributed by atoms with Crippen LogP contribution in [0, 0.1) is 5.41 Å². The van der Waals surface area contributed by atoms with E-state index in [4.69, 9.17) is 0 Å². The Balaban J connectivity index is 0.00000162. The van der Waals surface area contributed by atoms with E-state index in [9.17, 15) is 0 Å². The standard InChI is InChI=1S/C8H11.C5H5.2CH3.2ClH.H2Si.Zr/c1-8(2)6-4-3-5-7-8;1-2-4-5-3-1;;;;;;/h4-6H,7H2,1-2H3;1-3H,4H2;2*1H3;2*1H;1H2;. The van der Waals surface area contributed by atoms with Gasteiger partial charge in [0.25, 0.3) is 0 Å². The van der Waals surface area contributed by atoms with Crippen molar-refractivity contribution in [2.24, 2.45) is 5.41 Å². The topological polar surface area (TPSA) is 0 Å². The van der Waals surface area contributed by atoms with Gasteiger partial charge in [-0.15, -0.1) is 24.8 Å². The summed E-state index contributed by atoms with van der Waals surface area (Å²) in [5.41, 5.74) is 0.354. The van der Waals surface area contributed by atoms with Crippen molar-refractivity contribution in [2.75, 3.05) is 0 Å². The fraction of sp³-hybridized carbons (Fsp3) is 0.467. The van der Waals surface area contributed by atoms with Gasteiger partial charge in [-0.2, -0.15) is 0 Å². The Kier molecular flexibility index (Phi) is 6.39. The molecule has 0 fully saturated rings. The van der Waals surface area contributed by atoms with Crippen molar-refractivity contribution in [1.82, 2.24) is 0 Å². The van der Waals surface area contributed by atoms with Crippen molar-refractivity contribution in [3.8, 4) is 0 Å². The van der Waals surface area contributed by atoms with Gasteiger partial charge in [0.15, 0.2) is 0 Å². The second-order valence-electron chi connectivity index (χ2n) is 7.20. The van der Waals surface area contributed by atoms with E-state index in [1.807, 2.05) is 0 Å². The molecule has 2 rings (SSSR count). The van der Waals surface area contributed by atoms with Crippen LogP contribution in [-0.2, 0) is 17.4 Å². The molecule has 108 valence electrons. The third-order valence-electron chi connectivity index (χ3n) is 4.29. The normalized spacial score (nSPS) is 21.1. The molecule has 19 heavy (non-hydrogen) atoms. The molecule has 0 aromatic carbocycles. The van der Waals surface area contributed by atoms with Crippen LogP contribution in [0.1, 0.15) is 26.7 Å². The van der Waals surface area contributed by atoms with E-state index < -0.39 is 17.4 Å². The van der Waals surface area contributed by atoms with E-state index in [1.54, 1.807) is 6.56 Å². The average molecular weight is 397 g/mol. The second kappa shape index (κ2) is 6.18. The summed E-state index contributed by atoms with van der Waals surface area (Å²) in [6.45, 7) is 6.96. The van der Waals surface area contributed by atoms with Crippen molar-refractivity contribution in [1.29, 1.82) is 0 Å². The number of hydrogen-bond acceptors (Lipinski definition) is 0. The Labute approximate surface area is 132 Å². The van der Waals surface area contributed by atoms with E-state index in [0.29, 0.717) is 5.41 Å². The summed E-state index contributed by atoms with van der Waals surface area (Å²) in [7, 11) is 0. The largest absolute Gasteiger partial charge is 0.147 e. The third kappa shape index (κ3) is 4.06. The average Bonchev–Trinajstić information content (AvgIpc) is 2.69. The summed E-state index contributed by atoms with van der Waals surface area (Å²) < 4.78 is 8.57. The van der Waals surface area contributed by atoms with E-state index in [1.165, 1.54) is 12.8 Å². The number of hydrogen-bond donors (Lipinski definition) is 0. The second-order valence-corrected chi connectivity index (χ2v) is 35.9. The maximum absolute atomic E-state index is 2.77. The monoisotopic (exact) mass is 394 g/mol. The molecule has 0 bridgehead atoms. The molecule has 0 amide bonds. The van der Waals surface area contributed by atoms with E-state index in [0.717, 1.165) is 0 Å². The van der Waals surface area contributed by atoms with Gasteiger partial charge in [-0.25, -0.2) is 0 Å². The van der Waals surface area contributed by atoms with Crippen molar-refractivity contribution in [2.45, 2.75) is 36.0 Å². The minimum Gasteiger partial charge on any atom is -0.147 e. The Hall–Kier alpha value is 0.640. The summed E-state index contributed by atoms with van der Waals surface area (Å²) in [6, 6.07) is 0. The molecule has 4 heteroatoms. The van der Waals surface area contributed by atoms with Crippen molar-refractivity contribution in [3.05, 3.63) is 43.0 Å². The molecule has 0 aromatic rings.